The summed E-state index contributed by atoms with van der Waals surface area (Å²) in [5.41, 5.74) is -0.163. The Morgan fingerprint density at radius 1 is 1.67 bits per heavy atom. The first-order chi connectivity index (χ1) is 7.13. The zero-order valence-electron chi connectivity index (χ0n) is 7.95. The molecule has 15 heavy (non-hydrogen) atoms. The standard InChI is InChI=1S/C10H8FNO3/c1-15-10(14)8-2-6(4-12)9(11)3-7(8)5-13/h2-3,13H,5H2,1H3. The first kappa shape index (κ1) is 11.1. The molecule has 1 aromatic carbocycles. The summed E-state index contributed by atoms with van der Waals surface area (Å²) in [5, 5.41) is 17.4. The van der Waals surface area contributed by atoms with E-state index in [0.29, 0.717) is 0 Å². The van der Waals surface area contributed by atoms with Crippen molar-refractivity contribution >= 4 is 5.97 Å². The molecule has 1 aromatic rings. The van der Waals surface area contributed by atoms with Crippen LogP contribution in [0.1, 0.15) is 21.5 Å². The molecule has 1 rings (SSSR count). The summed E-state index contributed by atoms with van der Waals surface area (Å²) in [6, 6.07) is 3.61. The minimum atomic E-state index is -0.769. The number of benzene rings is 1. The van der Waals surface area contributed by atoms with Crippen LogP contribution in [-0.2, 0) is 11.3 Å². The van der Waals surface area contributed by atoms with Crippen LogP contribution >= 0.6 is 0 Å². The van der Waals surface area contributed by atoms with Crippen molar-refractivity contribution in [2.24, 2.45) is 0 Å². The van der Waals surface area contributed by atoms with Crippen LogP contribution in [0.25, 0.3) is 0 Å². The summed E-state index contributed by atoms with van der Waals surface area (Å²) in [6.45, 7) is -0.493. The van der Waals surface area contributed by atoms with Crippen molar-refractivity contribution in [2.75, 3.05) is 7.11 Å². The number of nitrogens with zero attached hydrogens (tertiary/aromatic N) is 1. The van der Waals surface area contributed by atoms with E-state index in [1.807, 2.05) is 0 Å². The van der Waals surface area contributed by atoms with E-state index < -0.39 is 18.4 Å². The number of hydrogen-bond acceptors (Lipinski definition) is 4. The van der Waals surface area contributed by atoms with Gasteiger partial charge < -0.3 is 9.84 Å². The van der Waals surface area contributed by atoms with Gasteiger partial charge in [0.05, 0.1) is 24.8 Å². The SMILES string of the molecule is COC(=O)c1cc(C#N)c(F)cc1CO. The first-order valence-electron chi connectivity index (χ1n) is 4.05. The van der Waals surface area contributed by atoms with Gasteiger partial charge in [-0.15, -0.1) is 0 Å². The molecule has 0 bridgehead atoms. The molecule has 4 nitrogen and oxygen atoms in total. The molecule has 0 radical (unpaired) electrons. The van der Waals surface area contributed by atoms with Crippen LogP contribution in [0.3, 0.4) is 0 Å². The Hall–Kier alpha value is -1.93. The van der Waals surface area contributed by atoms with Gasteiger partial charge in [0.25, 0.3) is 0 Å². The van der Waals surface area contributed by atoms with Gasteiger partial charge in [-0.2, -0.15) is 5.26 Å². The van der Waals surface area contributed by atoms with Crippen molar-refractivity contribution in [3.8, 4) is 6.07 Å². The van der Waals surface area contributed by atoms with E-state index in [1.54, 1.807) is 6.07 Å². The Labute approximate surface area is 85.5 Å². The van der Waals surface area contributed by atoms with E-state index in [2.05, 4.69) is 4.74 Å². The quantitative estimate of drug-likeness (QED) is 0.737. The number of esters is 1. The van der Waals surface area contributed by atoms with Gasteiger partial charge in [0.2, 0.25) is 0 Å². The molecule has 0 fully saturated rings. The van der Waals surface area contributed by atoms with Crippen molar-refractivity contribution in [1.29, 1.82) is 5.26 Å². The number of aliphatic hydroxyl groups excluding tert-OH is 1. The lowest BCUT2D eigenvalue weighted by atomic mass is 10.0. The molecule has 0 aromatic heterocycles. The Kier molecular flexibility index (Phi) is 3.37. The number of nitriles is 1. The minimum Gasteiger partial charge on any atom is -0.465 e. The maximum Gasteiger partial charge on any atom is 0.338 e. The van der Waals surface area contributed by atoms with Crippen LogP contribution in [0, 0.1) is 17.1 Å². The first-order valence-corrected chi connectivity index (χ1v) is 4.05. The van der Waals surface area contributed by atoms with Crippen molar-refractivity contribution in [2.45, 2.75) is 6.61 Å². The molecule has 0 saturated carbocycles. The highest BCUT2D eigenvalue weighted by molar-refractivity contribution is 5.91. The maximum atomic E-state index is 13.1. The smallest absolute Gasteiger partial charge is 0.338 e. The second kappa shape index (κ2) is 4.53. The Balaban J connectivity index is 3.36. The average Bonchev–Trinajstić information content (AvgIpc) is 2.27. The van der Waals surface area contributed by atoms with Crippen LogP contribution in [0.2, 0.25) is 0 Å². The number of aliphatic hydroxyl groups is 1. The van der Waals surface area contributed by atoms with Crippen molar-refractivity contribution in [1.82, 2.24) is 0 Å². The number of ether oxygens (including phenoxy) is 1. The maximum absolute atomic E-state index is 13.1. The molecule has 0 heterocycles. The third-order valence-corrected chi connectivity index (χ3v) is 1.89. The Morgan fingerprint density at radius 3 is 2.80 bits per heavy atom. The number of carbonyl (C=O) groups is 1. The van der Waals surface area contributed by atoms with E-state index >= 15 is 0 Å². The van der Waals surface area contributed by atoms with Crippen LogP contribution in [-0.4, -0.2) is 18.2 Å². The number of methoxy groups -OCH3 is 1. The summed E-state index contributed by atoms with van der Waals surface area (Å²) in [6.07, 6.45) is 0. The highest BCUT2D eigenvalue weighted by Gasteiger charge is 2.15. The summed E-state index contributed by atoms with van der Waals surface area (Å²) < 4.78 is 17.5. The van der Waals surface area contributed by atoms with Crippen molar-refractivity contribution in [3.05, 3.63) is 34.6 Å². The van der Waals surface area contributed by atoms with E-state index in [1.165, 1.54) is 7.11 Å². The molecular formula is C10H8FNO3. The highest BCUT2D eigenvalue weighted by atomic mass is 19.1. The summed E-state index contributed by atoms with van der Waals surface area (Å²) >= 11 is 0. The fourth-order valence-corrected chi connectivity index (χ4v) is 1.13. The number of halogens is 1. The van der Waals surface area contributed by atoms with Gasteiger partial charge in [0, 0.05) is 0 Å². The van der Waals surface area contributed by atoms with Gasteiger partial charge in [0.1, 0.15) is 11.9 Å². The minimum absolute atomic E-state index is 0.00190. The van der Waals surface area contributed by atoms with Gasteiger partial charge in [-0.25, -0.2) is 9.18 Å². The molecule has 0 saturated heterocycles. The largest absolute Gasteiger partial charge is 0.465 e. The van der Waals surface area contributed by atoms with Gasteiger partial charge >= 0.3 is 5.97 Å². The highest BCUT2D eigenvalue weighted by Crippen LogP contribution is 2.16. The molecule has 0 spiro atoms. The summed E-state index contributed by atoms with van der Waals surface area (Å²) in [7, 11) is 1.17. The second-order valence-electron chi connectivity index (χ2n) is 2.75. The number of carbonyl (C=O) groups excluding carboxylic acids is 1. The average molecular weight is 209 g/mol. The van der Waals surface area contributed by atoms with E-state index in [9.17, 15) is 9.18 Å². The number of rotatable bonds is 2. The lowest BCUT2D eigenvalue weighted by Crippen LogP contribution is -2.07. The van der Waals surface area contributed by atoms with Crippen LogP contribution in [0.4, 0.5) is 4.39 Å². The fraction of sp³-hybridized carbons (Fsp3) is 0.200. The molecule has 5 heteroatoms. The fourth-order valence-electron chi connectivity index (χ4n) is 1.13. The van der Waals surface area contributed by atoms with E-state index in [-0.39, 0.29) is 16.7 Å². The Bertz CT molecular complexity index is 437. The summed E-state index contributed by atoms with van der Waals surface area (Å²) in [4.78, 5) is 11.2. The lowest BCUT2D eigenvalue weighted by Gasteiger charge is -2.06. The van der Waals surface area contributed by atoms with Gasteiger partial charge in [0.15, 0.2) is 0 Å². The normalized spacial score (nSPS) is 9.47. The molecule has 0 atom stereocenters. The molecule has 0 aliphatic rings. The van der Waals surface area contributed by atoms with Crippen molar-refractivity contribution < 1.29 is 19.0 Å². The van der Waals surface area contributed by atoms with Crippen LogP contribution in [0.5, 0.6) is 0 Å². The summed E-state index contributed by atoms with van der Waals surface area (Å²) in [5.74, 6) is -1.48. The third-order valence-electron chi connectivity index (χ3n) is 1.89. The van der Waals surface area contributed by atoms with Crippen molar-refractivity contribution in [3.63, 3.8) is 0 Å². The molecule has 0 aliphatic heterocycles. The van der Waals surface area contributed by atoms with E-state index in [4.69, 9.17) is 10.4 Å². The van der Waals surface area contributed by atoms with Crippen LogP contribution < -0.4 is 0 Å². The zero-order chi connectivity index (χ0) is 11.4. The third kappa shape index (κ3) is 2.11. The topological polar surface area (TPSA) is 70.3 Å². The zero-order valence-corrected chi connectivity index (χ0v) is 7.95. The Morgan fingerprint density at radius 2 is 2.33 bits per heavy atom. The molecule has 0 unspecified atom stereocenters. The molecule has 0 aliphatic carbocycles. The predicted octanol–water partition coefficient (Wildman–Crippen LogP) is 0.976. The van der Waals surface area contributed by atoms with Gasteiger partial charge in [-0.05, 0) is 17.7 Å². The predicted molar refractivity (Wildman–Crippen MR) is 48.4 cm³/mol. The molecular weight excluding hydrogens is 201 g/mol. The van der Waals surface area contributed by atoms with E-state index in [0.717, 1.165) is 12.1 Å². The molecule has 78 valence electrons. The van der Waals surface area contributed by atoms with Crippen LogP contribution in [0.15, 0.2) is 12.1 Å². The van der Waals surface area contributed by atoms with Gasteiger partial charge in [-0.3, -0.25) is 0 Å². The molecule has 0 amide bonds. The number of hydrogen-bond donors (Lipinski definition) is 1. The second-order valence-corrected chi connectivity index (χ2v) is 2.75. The lowest BCUT2D eigenvalue weighted by molar-refractivity contribution is 0.0597. The van der Waals surface area contributed by atoms with Gasteiger partial charge in [-0.1, -0.05) is 0 Å². The molecule has 1 N–H and O–H groups in total. The monoisotopic (exact) mass is 209 g/mol.